The summed E-state index contributed by atoms with van der Waals surface area (Å²) < 4.78 is 0. The molecule has 4 heteroatoms. The van der Waals surface area contributed by atoms with E-state index in [9.17, 15) is 5.11 Å². The van der Waals surface area contributed by atoms with Crippen LogP contribution < -0.4 is 0 Å². The minimum absolute atomic E-state index is 0.772. The smallest absolute Gasteiger partial charge is 0.0841 e. The number of hydrogen-bond donors (Lipinski definition) is 1. The molecule has 0 radical (unpaired) electrons. The van der Waals surface area contributed by atoms with E-state index in [-0.39, 0.29) is 0 Å². The van der Waals surface area contributed by atoms with Gasteiger partial charge >= 0.3 is 0 Å². The van der Waals surface area contributed by atoms with E-state index in [2.05, 4.69) is 30.9 Å². The summed E-state index contributed by atoms with van der Waals surface area (Å²) in [7, 11) is 0. The van der Waals surface area contributed by atoms with Gasteiger partial charge in [-0.3, -0.25) is 0 Å². The SMILES string of the molecule is CSc1cc(C(C)(C)O)cc(SC)c1SC. The summed E-state index contributed by atoms with van der Waals surface area (Å²) in [6, 6.07) is 4.19. The third-order valence-electron chi connectivity index (χ3n) is 2.37. The molecule has 0 aromatic heterocycles. The van der Waals surface area contributed by atoms with Crippen LogP contribution in [0.15, 0.2) is 26.8 Å². The highest BCUT2D eigenvalue weighted by Crippen LogP contribution is 2.39. The first-order valence-corrected chi connectivity index (χ1v) is 8.64. The van der Waals surface area contributed by atoms with Crippen molar-refractivity contribution >= 4 is 35.3 Å². The summed E-state index contributed by atoms with van der Waals surface area (Å²) in [6.45, 7) is 3.66. The van der Waals surface area contributed by atoms with Crippen LogP contribution in [0.2, 0.25) is 0 Å². The first-order valence-electron chi connectivity index (χ1n) is 4.97. The van der Waals surface area contributed by atoms with E-state index in [1.54, 1.807) is 35.3 Å². The van der Waals surface area contributed by atoms with Gasteiger partial charge in [-0.2, -0.15) is 0 Å². The maximum atomic E-state index is 10.1. The molecule has 16 heavy (non-hydrogen) atoms. The number of benzene rings is 1. The van der Waals surface area contributed by atoms with Gasteiger partial charge in [0.2, 0.25) is 0 Å². The van der Waals surface area contributed by atoms with E-state index in [1.807, 2.05) is 13.8 Å². The molecule has 0 saturated heterocycles. The van der Waals surface area contributed by atoms with E-state index in [0.29, 0.717) is 0 Å². The Morgan fingerprint density at radius 3 is 1.62 bits per heavy atom. The number of thioether (sulfide) groups is 3. The molecule has 0 spiro atoms. The van der Waals surface area contributed by atoms with Crippen molar-refractivity contribution in [3.8, 4) is 0 Å². The van der Waals surface area contributed by atoms with Crippen LogP contribution in [0.4, 0.5) is 0 Å². The molecule has 1 nitrogen and oxygen atoms in total. The molecule has 1 N–H and O–H groups in total. The van der Waals surface area contributed by atoms with Gasteiger partial charge in [0, 0.05) is 14.7 Å². The average Bonchev–Trinajstić information content (AvgIpc) is 2.25. The lowest BCUT2D eigenvalue weighted by atomic mass is 9.99. The fourth-order valence-electron chi connectivity index (χ4n) is 1.43. The van der Waals surface area contributed by atoms with Crippen LogP contribution in [0.1, 0.15) is 19.4 Å². The Labute approximate surface area is 111 Å². The minimum Gasteiger partial charge on any atom is -0.386 e. The van der Waals surface area contributed by atoms with Crippen molar-refractivity contribution in [3.63, 3.8) is 0 Å². The molecule has 0 saturated carbocycles. The summed E-state index contributed by atoms with van der Waals surface area (Å²) in [5, 5.41) is 10.1. The Bertz CT molecular complexity index is 344. The lowest BCUT2D eigenvalue weighted by molar-refractivity contribution is 0.0780. The normalized spacial score (nSPS) is 11.9. The maximum Gasteiger partial charge on any atom is 0.0841 e. The zero-order chi connectivity index (χ0) is 12.3. The van der Waals surface area contributed by atoms with Gasteiger partial charge in [0.05, 0.1) is 5.60 Å². The molecule has 0 amide bonds. The summed E-state index contributed by atoms with van der Waals surface area (Å²) in [5.41, 5.74) is 0.213. The summed E-state index contributed by atoms with van der Waals surface area (Å²) in [5.74, 6) is 0. The second-order valence-electron chi connectivity index (χ2n) is 3.97. The fraction of sp³-hybridized carbons (Fsp3) is 0.500. The van der Waals surface area contributed by atoms with Gasteiger partial charge in [-0.15, -0.1) is 35.3 Å². The second kappa shape index (κ2) is 5.71. The van der Waals surface area contributed by atoms with E-state index in [4.69, 9.17) is 0 Å². The van der Waals surface area contributed by atoms with Crippen LogP contribution in [0.5, 0.6) is 0 Å². The van der Waals surface area contributed by atoms with Crippen LogP contribution in [-0.2, 0) is 5.60 Å². The summed E-state index contributed by atoms with van der Waals surface area (Å²) in [6.07, 6.45) is 6.25. The Hall–Kier alpha value is 0.230. The highest BCUT2D eigenvalue weighted by molar-refractivity contribution is 8.03. The molecule has 0 heterocycles. The summed E-state index contributed by atoms with van der Waals surface area (Å²) in [4.78, 5) is 3.81. The summed E-state index contributed by atoms with van der Waals surface area (Å²) >= 11 is 5.24. The molecule has 1 rings (SSSR count). The van der Waals surface area contributed by atoms with E-state index >= 15 is 0 Å². The van der Waals surface area contributed by atoms with Gasteiger partial charge in [-0.05, 0) is 50.3 Å². The van der Waals surface area contributed by atoms with Crippen molar-refractivity contribution in [2.75, 3.05) is 18.8 Å². The lowest BCUT2D eigenvalue weighted by Crippen LogP contribution is -2.15. The highest BCUT2D eigenvalue weighted by Gasteiger charge is 2.19. The van der Waals surface area contributed by atoms with Crippen LogP contribution >= 0.6 is 35.3 Å². The molecule has 0 atom stereocenters. The maximum absolute atomic E-state index is 10.1. The van der Waals surface area contributed by atoms with Gasteiger partial charge in [0.25, 0.3) is 0 Å². The van der Waals surface area contributed by atoms with Crippen LogP contribution in [-0.4, -0.2) is 23.9 Å². The Morgan fingerprint density at radius 1 is 0.938 bits per heavy atom. The standard InChI is InChI=1S/C12H18OS3/c1-12(2,13)8-6-9(14-3)11(16-5)10(7-8)15-4/h6-7,13H,1-5H3. The van der Waals surface area contributed by atoms with Crippen molar-refractivity contribution in [2.45, 2.75) is 34.1 Å². The van der Waals surface area contributed by atoms with Crippen molar-refractivity contribution in [1.29, 1.82) is 0 Å². The van der Waals surface area contributed by atoms with Crippen molar-refractivity contribution in [1.82, 2.24) is 0 Å². The molecule has 90 valence electrons. The number of aliphatic hydroxyl groups is 1. The molecule has 0 aliphatic heterocycles. The van der Waals surface area contributed by atoms with Crippen LogP contribution in [0.3, 0.4) is 0 Å². The Kier molecular flexibility index (Phi) is 5.10. The number of hydrogen-bond acceptors (Lipinski definition) is 4. The monoisotopic (exact) mass is 274 g/mol. The third kappa shape index (κ3) is 3.13. The predicted octanol–water partition coefficient (Wildman–Crippen LogP) is 4.08. The second-order valence-corrected chi connectivity index (χ2v) is 6.49. The van der Waals surface area contributed by atoms with Crippen molar-refractivity contribution in [3.05, 3.63) is 17.7 Å². The van der Waals surface area contributed by atoms with Crippen molar-refractivity contribution < 1.29 is 5.11 Å². The molecular weight excluding hydrogens is 256 g/mol. The largest absolute Gasteiger partial charge is 0.386 e. The molecular formula is C12H18OS3. The zero-order valence-corrected chi connectivity index (χ0v) is 12.8. The minimum atomic E-state index is -0.772. The Morgan fingerprint density at radius 2 is 1.38 bits per heavy atom. The molecule has 0 unspecified atom stereocenters. The Balaban J connectivity index is 3.37. The van der Waals surface area contributed by atoms with Gasteiger partial charge in [0.15, 0.2) is 0 Å². The molecule has 1 aromatic carbocycles. The highest BCUT2D eigenvalue weighted by atomic mass is 32.2. The van der Waals surface area contributed by atoms with Gasteiger partial charge in [-0.25, -0.2) is 0 Å². The zero-order valence-electron chi connectivity index (χ0n) is 10.3. The van der Waals surface area contributed by atoms with Gasteiger partial charge in [-0.1, -0.05) is 0 Å². The first-order chi connectivity index (χ1) is 7.43. The molecule has 0 bridgehead atoms. The van der Waals surface area contributed by atoms with Crippen molar-refractivity contribution in [2.24, 2.45) is 0 Å². The molecule has 0 fully saturated rings. The molecule has 0 aliphatic carbocycles. The molecule has 1 aromatic rings. The van der Waals surface area contributed by atoms with E-state index < -0.39 is 5.60 Å². The first kappa shape index (κ1) is 14.3. The topological polar surface area (TPSA) is 20.2 Å². The average molecular weight is 274 g/mol. The molecule has 0 aliphatic rings. The predicted molar refractivity (Wildman–Crippen MR) is 77.0 cm³/mol. The quantitative estimate of drug-likeness (QED) is 0.834. The number of rotatable bonds is 4. The van der Waals surface area contributed by atoms with E-state index in [1.165, 1.54) is 14.7 Å². The van der Waals surface area contributed by atoms with Gasteiger partial charge < -0.3 is 5.11 Å². The van der Waals surface area contributed by atoms with Crippen LogP contribution in [0, 0.1) is 0 Å². The van der Waals surface area contributed by atoms with Gasteiger partial charge in [0.1, 0.15) is 0 Å². The fourth-order valence-corrected chi connectivity index (χ4v) is 4.10. The van der Waals surface area contributed by atoms with E-state index in [0.717, 1.165) is 5.56 Å². The third-order valence-corrected chi connectivity index (χ3v) is 5.00. The van der Waals surface area contributed by atoms with Crippen LogP contribution in [0.25, 0.3) is 0 Å². The lowest BCUT2D eigenvalue weighted by Gasteiger charge is -2.21.